The van der Waals surface area contributed by atoms with E-state index in [9.17, 15) is 4.79 Å². The lowest BCUT2D eigenvalue weighted by molar-refractivity contribution is -0.136. The van der Waals surface area contributed by atoms with Crippen molar-refractivity contribution < 1.29 is 9.90 Å². The maximum Gasteiger partial charge on any atom is 0.241 e. The summed E-state index contributed by atoms with van der Waals surface area (Å²) in [5, 5.41) is 8.84. The molecule has 0 spiro atoms. The van der Waals surface area contributed by atoms with Crippen LogP contribution in [0.25, 0.3) is 0 Å². The Morgan fingerprint density at radius 2 is 2.27 bits per heavy atom. The largest absolute Gasteiger partial charge is 0.394 e. The van der Waals surface area contributed by atoms with Crippen molar-refractivity contribution in [3.05, 3.63) is 0 Å². The Labute approximate surface area is 89.8 Å². The van der Waals surface area contributed by atoms with Crippen LogP contribution in [-0.4, -0.2) is 65.7 Å². The lowest BCUT2D eigenvalue weighted by Crippen LogP contribution is -2.56. The molecule has 2 unspecified atom stereocenters. The van der Waals surface area contributed by atoms with Crippen molar-refractivity contribution in [2.24, 2.45) is 5.73 Å². The fourth-order valence-corrected chi connectivity index (χ4v) is 2.50. The minimum atomic E-state index is -0.738. The Kier molecular flexibility index (Phi) is 3.23. The van der Waals surface area contributed by atoms with Gasteiger partial charge < -0.3 is 15.7 Å². The van der Waals surface area contributed by atoms with Crippen LogP contribution in [0.5, 0.6) is 0 Å². The summed E-state index contributed by atoms with van der Waals surface area (Å²) in [6, 6.07) is -0.216. The van der Waals surface area contributed by atoms with E-state index < -0.39 is 6.04 Å². The molecule has 2 fully saturated rings. The number of amides is 1. The van der Waals surface area contributed by atoms with E-state index in [1.165, 1.54) is 19.4 Å². The van der Waals surface area contributed by atoms with Crippen LogP contribution in [0.15, 0.2) is 0 Å². The van der Waals surface area contributed by atoms with Crippen LogP contribution in [0.3, 0.4) is 0 Å². The predicted octanol–water partition coefficient (Wildman–Crippen LogP) is -1.39. The number of nitrogens with zero attached hydrogens (tertiary/aromatic N) is 2. The molecule has 2 atom stereocenters. The van der Waals surface area contributed by atoms with Gasteiger partial charge in [-0.05, 0) is 19.4 Å². The van der Waals surface area contributed by atoms with E-state index in [0.29, 0.717) is 6.04 Å². The van der Waals surface area contributed by atoms with Crippen LogP contribution in [0.1, 0.15) is 12.8 Å². The van der Waals surface area contributed by atoms with E-state index >= 15 is 0 Å². The highest BCUT2D eigenvalue weighted by atomic mass is 16.3. The van der Waals surface area contributed by atoms with Crippen LogP contribution in [0, 0.1) is 0 Å². The van der Waals surface area contributed by atoms with Gasteiger partial charge in [-0.2, -0.15) is 0 Å². The molecule has 5 heteroatoms. The molecule has 2 saturated heterocycles. The zero-order chi connectivity index (χ0) is 10.8. The maximum atomic E-state index is 11.7. The predicted molar refractivity (Wildman–Crippen MR) is 56.2 cm³/mol. The van der Waals surface area contributed by atoms with E-state index in [1.54, 1.807) is 4.90 Å². The number of fused-ring (bicyclic) bond motifs is 1. The van der Waals surface area contributed by atoms with Crippen molar-refractivity contribution in [2.75, 3.05) is 32.8 Å². The third-order valence-corrected chi connectivity index (χ3v) is 3.41. The van der Waals surface area contributed by atoms with Crippen molar-refractivity contribution >= 4 is 5.91 Å². The van der Waals surface area contributed by atoms with E-state index in [0.717, 1.165) is 19.6 Å². The molecule has 3 N–H and O–H groups in total. The van der Waals surface area contributed by atoms with Crippen molar-refractivity contribution in [3.8, 4) is 0 Å². The molecule has 2 rings (SSSR count). The van der Waals surface area contributed by atoms with E-state index in [-0.39, 0.29) is 12.5 Å². The topological polar surface area (TPSA) is 69.8 Å². The summed E-state index contributed by atoms with van der Waals surface area (Å²) in [4.78, 5) is 16.0. The van der Waals surface area contributed by atoms with Crippen LogP contribution >= 0.6 is 0 Å². The Morgan fingerprint density at radius 1 is 1.47 bits per heavy atom. The van der Waals surface area contributed by atoms with E-state index in [2.05, 4.69) is 4.90 Å². The van der Waals surface area contributed by atoms with Crippen molar-refractivity contribution in [1.29, 1.82) is 0 Å². The third kappa shape index (κ3) is 2.14. The van der Waals surface area contributed by atoms with E-state index in [4.69, 9.17) is 10.8 Å². The highest BCUT2D eigenvalue weighted by Gasteiger charge is 2.33. The van der Waals surface area contributed by atoms with Gasteiger partial charge >= 0.3 is 0 Å². The Hall–Kier alpha value is -0.650. The van der Waals surface area contributed by atoms with Gasteiger partial charge in [0.05, 0.1) is 6.61 Å². The lowest BCUT2D eigenvalue weighted by atomic mass is 10.1. The lowest BCUT2D eigenvalue weighted by Gasteiger charge is -2.38. The first kappa shape index (κ1) is 10.9. The molecule has 0 aromatic rings. The van der Waals surface area contributed by atoms with Crippen molar-refractivity contribution in [3.63, 3.8) is 0 Å². The molecule has 1 amide bonds. The normalized spacial score (nSPS) is 28.9. The average molecular weight is 213 g/mol. The first-order chi connectivity index (χ1) is 7.22. The number of hydrogen-bond acceptors (Lipinski definition) is 4. The van der Waals surface area contributed by atoms with Gasteiger partial charge in [0.1, 0.15) is 6.04 Å². The monoisotopic (exact) mass is 213 g/mol. The second-order valence-electron chi connectivity index (χ2n) is 4.41. The smallest absolute Gasteiger partial charge is 0.241 e. The molecular formula is C10H19N3O2. The summed E-state index contributed by atoms with van der Waals surface area (Å²) in [5.41, 5.74) is 5.53. The molecule has 0 aromatic heterocycles. The first-order valence-electron chi connectivity index (χ1n) is 5.61. The molecule has 0 aliphatic carbocycles. The maximum absolute atomic E-state index is 11.7. The number of aliphatic hydroxyl groups excluding tert-OH is 1. The number of carbonyl (C=O) groups excluding carboxylic acids is 1. The summed E-state index contributed by atoms with van der Waals surface area (Å²) >= 11 is 0. The summed E-state index contributed by atoms with van der Waals surface area (Å²) in [6.07, 6.45) is 2.41. The minimum Gasteiger partial charge on any atom is -0.394 e. The fraction of sp³-hybridized carbons (Fsp3) is 0.900. The molecule has 2 heterocycles. The Morgan fingerprint density at radius 3 is 3.00 bits per heavy atom. The number of nitrogens with two attached hydrogens (primary N) is 1. The standard InChI is InChI=1S/C10H19N3O2/c11-9(7-14)10(15)13-5-4-12-3-1-2-8(12)6-13/h8-9,14H,1-7,11H2. The van der Waals surface area contributed by atoms with Gasteiger partial charge in [-0.15, -0.1) is 0 Å². The van der Waals surface area contributed by atoms with Gasteiger partial charge in [0.25, 0.3) is 0 Å². The number of hydrogen-bond donors (Lipinski definition) is 2. The zero-order valence-electron chi connectivity index (χ0n) is 8.93. The Bertz CT molecular complexity index is 247. The molecule has 0 aromatic carbocycles. The summed E-state index contributed by atoms with van der Waals surface area (Å²) in [7, 11) is 0. The van der Waals surface area contributed by atoms with Gasteiger partial charge in [-0.25, -0.2) is 0 Å². The third-order valence-electron chi connectivity index (χ3n) is 3.41. The first-order valence-corrected chi connectivity index (χ1v) is 5.61. The van der Waals surface area contributed by atoms with Crippen LogP contribution in [-0.2, 0) is 4.79 Å². The minimum absolute atomic E-state index is 0.107. The SMILES string of the molecule is NC(CO)C(=O)N1CCN2CCCC2C1. The molecule has 0 saturated carbocycles. The second kappa shape index (κ2) is 4.47. The van der Waals surface area contributed by atoms with Gasteiger partial charge in [0, 0.05) is 25.7 Å². The van der Waals surface area contributed by atoms with Gasteiger partial charge in [0.15, 0.2) is 0 Å². The molecule has 0 radical (unpaired) electrons. The molecule has 86 valence electrons. The highest BCUT2D eigenvalue weighted by Crippen LogP contribution is 2.21. The molecule has 15 heavy (non-hydrogen) atoms. The zero-order valence-corrected chi connectivity index (χ0v) is 8.93. The van der Waals surface area contributed by atoms with Crippen molar-refractivity contribution in [1.82, 2.24) is 9.80 Å². The van der Waals surface area contributed by atoms with Crippen molar-refractivity contribution in [2.45, 2.75) is 24.9 Å². The second-order valence-corrected chi connectivity index (χ2v) is 4.41. The molecule has 2 aliphatic heterocycles. The quantitative estimate of drug-likeness (QED) is 0.593. The van der Waals surface area contributed by atoms with Gasteiger partial charge in [-0.1, -0.05) is 0 Å². The van der Waals surface area contributed by atoms with Gasteiger partial charge in [-0.3, -0.25) is 9.69 Å². The fourth-order valence-electron chi connectivity index (χ4n) is 2.50. The average Bonchev–Trinajstić information content (AvgIpc) is 2.73. The Balaban J connectivity index is 1.92. The van der Waals surface area contributed by atoms with Crippen LogP contribution in [0.2, 0.25) is 0 Å². The number of aliphatic hydroxyl groups is 1. The molecule has 5 nitrogen and oxygen atoms in total. The van der Waals surface area contributed by atoms with Crippen LogP contribution < -0.4 is 5.73 Å². The van der Waals surface area contributed by atoms with Crippen LogP contribution in [0.4, 0.5) is 0 Å². The molecule has 0 bridgehead atoms. The number of carbonyl (C=O) groups is 1. The summed E-state index contributed by atoms with van der Waals surface area (Å²) in [5.74, 6) is -0.107. The summed E-state index contributed by atoms with van der Waals surface area (Å²) in [6.45, 7) is 3.40. The number of rotatable bonds is 2. The van der Waals surface area contributed by atoms with E-state index in [1.807, 2.05) is 0 Å². The van der Waals surface area contributed by atoms with Gasteiger partial charge in [0.2, 0.25) is 5.91 Å². The summed E-state index contributed by atoms with van der Waals surface area (Å²) < 4.78 is 0. The number of piperazine rings is 1. The molecule has 2 aliphatic rings. The highest BCUT2D eigenvalue weighted by molar-refractivity contribution is 5.81. The molecular weight excluding hydrogens is 194 g/mol.